The molecule has 0 heterocycles. The van der Waals surface area contributed by atoms with Gasteiger partial charge in [-0.05, 0) is 36.5 Å². The van der Waals surface area contributed by atoms with Crippen LogP contribution in [0.5, 0.6) is 5.75 Å². The first-order chi connectivity index (χ1) is 7.18. The highest BCUT2D eigenvalue weighted by molar-refractivity contribution is 5.85. The first-order valence-corrected chi connectivity index (χ1v) is 5.41. The Kier molecular flexibility index (Phi) is 4.59. The summed E-state index contributed by atoms with van der Waals surface area (Å²) >= 11 is 0. The molecule has 4 heteroatoms. The van der Waals surface area contributed by atoms with Crippen LogP contribution in [0, 0.1) is 5.92 Å². The van der Waals surface area contributed by atoms with Gasteiger partial charge in [0.15, 0.2) is 0 Å². The molecule has 0 aromatic heterocycles. The van der Waals surface area contributed by atoms with Crippen LogP contribution in [-0.4, -0.2) is 16.3 Å². The van der Waals surface area contributed by atoms with Crippen molar-refractivity contribution in [1.29, 1.82) is 0 Å². The summed E-state index contributed by atoms with van der Waals surface area (Å²) in [4.78, 5) is 0. The third-order valence-electron chi connectivity index (χ3n) is 3.28. The molecule has 1 aliphatic rings. The minimum atomic E-state index is -0.455. The van der Waals surface area contributed by atoms with Crippen LogP contribution in [-0.2, 0) is 0 Å². The van der Waals surface area contributed by atoms with Gasteiger partial charge in [0, 0.05) is 0 Å². The average molecular weight is 244 g/mol. The van der Waals surface area contributed by atoms with Crippen LogP contribution >= 0.6 is 12.4 Å². The standard InChI is InChI=1S/C12H17NO2.ClH/c13-11(12(15)9-2-1-3-9)8-4-6-10(14)7-5-8;/h4-7,9,11-12,14-15H,1-3,13H2;1H/t11-,12+;/m1./s1. The van der Waals surface area contributed by atoms with Crippen LogP contribution in [0.2, 0.25) is 0 Å². The van der Waals surface area contributed by atoms with Crippen molar-refractivity contribution in [3.05, 3.63) is 29.8 Å². The van der Waals surface area contributed by atoms with Gasteiger partial charge in [-0.25, -0.2) is 0 Å². The van der Waals surface area contributed by atoms with E-state index in [4.69, 9.17) is 10.8 Å². The number of aliphatic hydroxyl groups is 1. The molecule has 0 bridgehead atoms. The Balaban J connectivity index is 0.00000128. The number of hydrogen-bond donors (Lipinski definition) is 3. The minimum absolute atomic E-state index is 0. The van der Waals surface area contributed by atoms with E-state index < -0.39 is 6.10 Å². The van der Waals surface area contributed by atoms with Gasteiger partial charge in [0.2, 0.25) is 0 Å². The molecule has 3 nitrogen and oxygen atoms in total. The Hall–Kier alpha value is -0.770. The van der Waals surface area contributed by atoms with Crippen molar-refractivity contribution >= 4 is 12.4 Å². The number of phenols is 1. The Morgan fingerprint density at radius 3 is 2.19 bits per heavy atom. The summed E-state index contributed by atoms with van der Waals surface area (Å²) in [7, 11) is 0. The topological polar surface area (TPSA) is 66.5 Å². The van der Waals surface area contributed by atoms with E-state index in [9.17, 15) is 5.11 Å². The molecule has 0 saturated heterocycles. The highest BCUT2D eigenvalue weighted by atomic mass is 35.5. The number of hydrogen-bond acceptors (Lipinski definition) is 3. The van der Waals surface area contributed by atoms with Crippen LogP contribution in [0.1, 0.15) is 30.9 Å². The van der Waals surface area contributed by atoms with Gasteiger partial charge in [-0.1, -0.05) is 18.6 Å². The summed E-state index contributed by atoms with van der Waals surface area (Å²) in [6, 6.07) is 6.39. The fourth-order valence-corrected chi connectivity index (χ4v) is 1.97. The van der Waals surface area contributed by atoms with Crippen LogP contribution in [0.4, 0.5) is 0 Å². The molecule has 0 radical (unpaired) electrons. The van der Waals surface area contributed by atoms with E-state index in [2.05, 4.69) is 0 Å². The number of nitrogens with two attached hydrogens (primary N) is 1. The molecule has 0 amide bonds. The fourth-order valence-electron chi connectivity index (χ4n) is 1.97. The van der Waals surface area contributed by atoms with Gasteiger partial charge in [0.1, 0.15) is 5.75 Å². The predicted molar refractivity (Wildman–Crippen MR) is 65.6 cm³/mol. The Labute approximate surface area is 102 Å². The predicted octanol–water partition coefficient (Wildman–Crippen LogP) is 1.97. The van der Waals surface area contributed by atoms with Crippen molar-refractivity contribution in [2.45, 2.75) is 31.4 Å². The highest BCUT2D eigenvalue weighted by Gasteiger charge is 2.30. The molecule has 4 N–H and O–H groups in total. The summed E-state index contributed by atoms with van der Waals surface area (Å²) in [5.74, 6) is 0.581. The fraction of sp³-hybridized carbons (Fsp3) is 0.500. The molecule has 1 aromatic rings. The third-order valence-corrected chi connectivity index (χ3v) is 3.28. The lowest BCUT2D eigenvalue weighted by atomic mass is 9.77. The van der Waals surface area contributed by atoms with Gasteiger partial charge in [0.25, 0.3) is 0 Å². The van der Waals surface area contributed by atoms with Gasteiger partial charge in [0.05, 0.1) is 12.1 Å². The molecule has 0 aliphatic heterocycles. The Morgan fingerprint density at radius 2 is 1.75 bits per heavy atom. The lowest BCUT2D eigenvalue weighted by molar-refractivity contribution is 0.0413. The summed E-state index contributed by atoms with van der Waals surface area (Å²) in [6.07, 6.45) is 2.90. The second-order valence-electron chi connectivity index (χ2n) is 4.30. The second-order valence-corrected chi connectivity index (χ2v) is 4.30. The zero-order valence-corrected chi connectivity index (χ0v) is 9.86. The molecule has 2 rings (SSSR count). The largest absolute Gasteiger partial charge is 0.508 e. The average Bonchev–Trinajstić information content (AvgIpc) is 2.15. The van der Waals surface area contributed by atoms with Crippen LogP contribution in [0.25, 0.3) is 0 Å². The van der Waals surface area contributed by atoms with Crippen LogP contribution in [0.3, 0.4) is 0 Å². The quantitative estimate of drug-likeness (QED) is 0.761. The first kappa shape index (κ1) is 13.3. The number of rotatable bonds is 3. The highest BCUT2D eigenvalue weighted by Crippen LogP contribution is 2.34. The minimum Gasteiger partial charge on any atom is -0.508 e. The van der Waals surface area contributed by atoms with E-state index in [1.54, 1.807) is 24.3 Å². The van der Waals surface area contributed by atoms with Gasteiger partial charge in [-0.3, -0.25) is 0 Å². The summed E-state index contributed by atoms with van der Waals surface area (Å²) in [5.41, 5.74) is 6.85. The summed E-state index contributed by atoms with van der Waals surface area (Å²) < 4.78 is 0. The van der Waals surface area contributed by atoms with Gasteiger partial charge < -0.3 is 15.9 Å². The monoisotopic (exact) mass is 243 g/mol. The number of aromatic hydroxyl groups is 1. The number of phenolic OH excluding ortho intramolecular Hbond substituents is 1. The lowest BCUT2D eigenvalue weighted by Gasteiger charge is -2.33. The van der Waals surface area contributed by atoms with Crippen molar-refractivity contribution in [2.75, 3.05) is 0 Å². The molecule has 90 valence electrons. The maximum Gasteiger partial charge on any atom is 0.115 e. The van der Waals surface area contributed by atoms with E-state index in [1.165, 1.54) is 6.42 Å². The Morgan fingerprint density at radius 1 is 1.19 bits per heavy atom. The summed E-state index contributed by atoms with van der Waals surface area (Å²) in [6.45, 7) is 0. The molecule has 2 atom stereocenters. The molecule has 0 spiro atoms. The van der Waals surface area contributed by atoms with E-state index in [-0.39, 0.29) is 24.2 Å². The maximum absolute atomic E-state index is 9.97. The van der Waals surface area contributed by atoms with E-state index in [0.29, 0.717) is 5.92 Å². The van der Waals surface area contributed by atoms with Gasteiger partial charge >= 0.3 is 0 Å². The number of benzene rings is 1. The molecule has 0 unspecified atom stereocenters. The third kappa shape index (κ3) is 2.67. The first-order valence-electron chi connectivity index (χ1n) is 5.41. The summed E-state index contributed by atoms with van der Waals surface area (Å²) in [5, 5.41) is 19.1. The van der Waals surface area contributed by atoms with Crippen LogP contribution < -0.4 is 5.73 Å². The normalized spacial score (nSPS) is 19.4. The zero-order valence-electron chi connectivity index (χ0n) is 9.04. The maximum atomic E-state index is 9.97. The number of aliphatic hydroxyl groups excluding tert-OH is 1. The van der Waals surface area contributed by atoms with Crippen molar-refractivity contribution < 1.29 is 10.2 Å². The molecule has 1 saturated carbocycles. The molecule has 16 heavy (non-hydrogen) atoms. The molecule has 1 fully saturated rings. The Bertz CT molecular complexity index is 324. The molecular formula is C12H18ClNO2. The SMILES string of the molecule is Cl.N[C@H](c1ccc(O)cc1)[C@@H](O)C1CCC1. The second kappa shape index (κ2) is 5.53. The molecule has 1 aromatic carbocycles. The van der Waals surface area contributed by atoms with E-state index in [0.717, 1.165) is 18.4 Å². The van der Waals surface area contributed by atoms with Crippen molar-refractivity contribution in [1.82, 2.24) is 0 Å². The van der Waals surface area contributed by atoms with E-state index in [1.807, 2.05) is 0 Å². The van der Waals surface area contributed by atoms with Gasteiger partial charge in [-0.15, -0.1) is 12.4 Å². The van der Waals surface area contributed by atoms with E-state index >= 15 is 0 Å². The van der Waals surface area contributed by atoms with Crippen LogP contribution in [0.15, 0.2) is 24.3 Å². The zero-order chi connectivity index (χ0) is 10.8. The van der Waals surface area contributed by atoms with Crippen molar-refractivity contribution in [3.8, 4) is 5.75 Å². The number of halogens is 1. The molecule has 1 aliphatic carbocycles. The lowest BCUT2D eigenvalue weighted by Crippen LogP contribution is -2.36. The smallest absolute Gasteiger partial charge is 0.115 e. The van der Waals surface area contributed by atoms with Gasteiger partial charge in [-0.2, -0.15) is 0 Å². The van der Waals surface area contributed by atoms with Crippen molar-refractivity contribution in [2.24, 2.45) is 11.7 Å². The van der Waals surface area contributed by atoms with Crippen molar-refractivity contribution in [3.63, 3.8) is 0 Å². The molecular weight excluding hydrogens is 226 g/mol.